The molecule has 30 heavy (non-hydrogen) atoms. The number of amides is 3. The predicted molar refractivity (Wildman–Crippen MR) is 100 cm³/mol. The average Bonchev–Trinajstić information content (AvgIpc) is 2.73. The van der Waals surface area contributed by atoms with E-state index in [-0.39, 0.29) is 37.5 Å². The number of carbonyl (C=O) groups is 3. The Morgan fingerprint density at radius 1 is 1.07 bits per heavy atom. The molecule has 0 aliphatic carbocycles. The normalized spacial score (nSPS) is 22.8. The molecule has 1 aromatic rings. The number of ether oxygens (including phenoxy) is 1. The number of carbonyl (C=O) groups excluding carboxylic acids is 3. The van der Waals surface area contributed by atoms with Crippen molar-refractivity contribution >= 4 is 17.9 Å². The van der Waals surface area contributed by atoms with Crippen molar-refractivity contribution < 1.29 is 32.3 Å². The van der Waals surface area contributed by atoms with Crippen LogP contribution in [-0.4, -0.2) is 79.5 Å². The van der Waals surface area contributed by atoms with Gasteiger partial charge in [-0.3, -0.25) is 9.59 Å². The highest BCUT2D eigenvalue weighted by atomic mass is 19.4. The number of methoxy groups -OCH3 is 1. The van der Waals surface area contributed by atoms with Crippen LogP contribution in [0, 0.1) is 5.92 Å². The fraction of sp³-hybridized carbons (Fsp3) is 0.550. The number of benzene rings is 1. The fourth-order valence-corrected chi connectivity index (χ4v) is 3.90. The molecule has 164 valence electrons. The number of hydrogen-bond donors (Lipinski definition) is 0. The van der Waals surface area contributed by atoms with Crippen molar-refractivity contribution in [2.24, 2.45) is 5.92 Å². The van der Waals surface area contributed by atoms with Gasteiger partial charge >= 0.3 is 18.2 Å². The van der Waals surface area contributed by atoms with Crippen molar-refractivity contribution in [1.29, 1.82) is 0 Å². The Morgan fingerprint density at radius 2 is 1.73 bits per heavy atom. The standard InChI is InChI=1S/C20H24F3N3O4/c1-24-7-8-25(12-17(24)27)19(29)26-10-14(9-15(11-26)18(28)30-2)13-3-5-16(6-4-13)20(21,22)23/h3-6,14-15H,7-12H2,1-2H3. The Bertz CT molecular complexity index is 813. The smallest absolute Gasteiger partial charge is 0.416 e. The summed E-state index contributed by atoms with van der Waals surface area (Å²) in [6.07, 6.45) is -4.07. The minimum absolute atomic E-state index is 0.0420. The second kappa shape index (κ2) is 8.53. The first kappa shape index (κ1) is 21.9. The Balaban J connectivity index is 1.80. The van der Waals surface area contributed by atoms with Crippen molar-refractivity contribution in [1.82, 2.24) is 14.7 Å². The lowest BCUT2D eigenvalue weighted by Crippen LogP contribution is -2.57. The molecular weight excluding hydrogens is 403 g/mol. The van der Waals surface area contributed by atoms with E-state index in [4.69, 9.17) is 4.74 Å². The molecule has 0 aromatic heterocycles. The number of rotatable bonds is 2. The van der Waals surface area contributed by atoms with Gasteiger partial charge in [-0.15, -0.1) is 0 Å². The number of alkyl halides is 3. The van der Waals surface area contributed by atoms with Gasteiger partial charge in [0.2, 0.25) is 5.91 Å². The van der Waals surface area contributed by atoms with Crippen LogP contribution in [0.1, 0.15) is 23.5 Å². The van der Waals surface area contributed by atoms with Gasteiger partial charge in [-0.2, -0.15) is 13.2 Å². The molecule has 0 radical (unpaired) electrons. The summed E-state index contributed by atoms with van der Waals surface area (Å²) in [6, 6.07) is 4.41. The van der Waals surface area contributed by atoms with Crippen LogP contribution in [0.15, 0.2) is 24.3 Å². The number of esters is 1. The molecule has 2 aliphatic heterocycles. The second-order valence-corrected chi connectivity index (χ2v) is 7.70. The van der Waals surface area contributed by atoms with E-state index in [0.717, 1.165) is 12.1 Å². The Kier molecular flexibility index (Phi) is 6.23. The number of likely N-dealkylation sites (tertiary alicyclic amines) is 1. The average molecular weight is 427 g/mol. The molecule has 2 unspecified atom stereocenters. The van der Waals surface area contributed by atoms with E-state index in [0.29, 0.717) is 25.1 Å². The maximum atomic E-state index is 13.0. The largest absolute Gasteiger partial charge is 0.469 e. The van der Waals surface area contributed by atoms with Crippen molar-refractivity contribution in [3.63, 3.8) is 0 Å². The lowest BCUT2D eigenvalue weighted by atomic mass is 9.84. The third-order valence-electron chi connectivity index (χ3n) is 5.69. The van der Waals surface area contributed by atoms with Crippen LogP contribution in [0.5, 0.6) is 0 Å². The summed E-state index contributed by atoms with van der Waals surface area (Å²) < 4.78 is 43.4. The topological polar surface area (TPSA) is 70.2 Å². The summed E-state index contributed by atoms with van der Waals surface area (Å²) in [6.45, 7) is 1.15. The molecular formula is C20H24F3N3O4. The molecule has 10 heteroatoms. The van der Waals surface area contributed by atoms with Crippen molar-refractivity contribution in [3.8, 4) is 0 Å². The molecule has 0 saturated carbocycles. The van der Waals surface area contributed by atoms with Gasteiger partial charge in [-0.1, -0.05) is 12.1 Å². The summed E-state index contributed by atoms with van der Waals surface area (Å²) in [5.41, 5.74) is -0.140. The molecule has 7 nitrogen and oxygen atoms in total. The molecule has 0 spiro atoms. The third kappa shape index (κ3) is 4.68. The minimum atomic E-state index is -4.43. The predicted octanol–water partition coefficient (Wildman–Crippen LogP) is 2.18. The van der Waals surface area contributed by atoms with Crippen molar-refractivity contribution in [2.75, 3.05) is 46.9 Å². The SMILES string of the molecule is COC(=O)C1CC(c2ccc(C(F)(F)F)cc2)CN(C(=O)N2CCN(C)C(=O)C2)C1. The third-order valence-corrected chi connectivity index (χ3v) is 5.69. The number of urea groups is 1. The lowest BCUT2D eigenvalue weighted by Gasteiger charge is -2.41. The quantitative estimate of drug-likeness (QED) is 0.679. The number of piperazine rings is 1. The molecule has 2 aliphatic rings. The van der Waals surface area contributed by atoms with Crippen LogP contribution < -0.4 is 0 Å². The van der Waals surface area contributed by atoms with E-state index >= 15 is 0 Å². The summed E-state index contributed by atoms with van der Waals surface area (Å²) >= 11 is 0. The first-order valence-corrected chi connectivity index (χ1v) is 9.63. The highest BCUT2D eigenvalue weighted by Gasteiger charge is 2.38. The van der Waals surface area contributed by atoms with E-state index in [9.17, 15) is 27.6 Å². The van der Waals surface area contributed by atoms with Gasteiger partial charge in [-0.05, 0) is 24.1 Å². The summed E-state index contributed by atoms with van der Waals surface area (Å²) in [4.78, 5) is 41.6. The molecule has 2 heterocycles. The molecule has 2 saturated heterocycles. The number of hydrogen-bond acceptors (Lipinski definition) is 4. The molecule has 1 aromatic carbocycles. The molecule has 3 amide bonds. The lowest BCUT2D eigenvalue weighted by molar-refractivity contribution is -0.147. The van der Waals surface area contributed by atoms with E-state index in [1.807, 2.05) is 0 Å². The van der Waals surface area contributed by atoms with Gasteiger partial charge in [0, 0.05) is 39.1 Å². The first-order chi connectivity index (χ1) is 14.1. The highest BCUT2D eigenvalue weighted by Crippen LogP contribution is 2.34. The van der Waals surface area contributed by atoms with Crippen LogP contribution in [0.3, 0.4) is 0 Å². The molecule has 3 rings (SSSR count). The van der Waals surface area contributed by atoms with Crippen molar-refractivity contribution in [2.45, 2.75) is 18.5 Å². The number of piperidine rings is 1. The Hall–Kier alpha value is -2.78. The minimum Gasteiger partial charge on any atom is -0.469 e. The zero-order chi connectivity index (χ0) is 22.1. The van der Waals surface area contributed by atoms with Gasteiger partial charge in [0.25, 0.3) is 0 Å². The van der Waals surface area contributed by atoms with E-state index in [2.05, 4.69) is 0 Å². The summed E-state index contributed by atoms with van der Waals surface area (Å²) in [7, 11) is 2.92. The van der Waals surface area contributed by atoms with E-state index in [1.54, 1.807) is 11.9 Å². The molecule has 0 bridgehead atoms. The zero-order valence-electron chi connectivity index (χ0n) is 16.8. The van der Waals surface area contributed by atoms with Crippen molar-refractivity contribution in [3.05, 3.63) is 35.4 Å². The first-order valence-electron chi connectivity index (χ1n) is 9.63. The zero-order valence-corrected chi connectivity index (χ0v) is 16.8. The summed E-state index contributed by atoms with van der Waals surface area (Å²) in [5.74, 6) is -1.56. The van der Waals surface area contributed by atoms with Gasteiger partial charge in [0.05, 0.1) is 18.6 Å². The van der Waals surface area contributed by atoms with Crippen LogP contribution in [0.25, 0.3) is 0 Å². The van der Waals surface area contributed by atoms with Gasteiger partial charge in [-0.25, -0.2) is 4.79 Å². The highest BCUT2D eigenvalue weighted by molar-refractivity contribution is 5.85. The van der Waals surface area contributed by atoms with E-state index < -0.39 is 23.6 Å². The molecule has 2 atom stereocenters. The maximum absolute atomic E-state index is 13.0. The van der Waals surface area contributed by atoms with Crippen LogP contribution >= 0.6 is 0 Å². The van der Waals surface area contributed by atoms with Crippen LogP contribution in [0.2, 0.25) is 0 Å². The van der Waals surface area contributed by atoms with Gasteiger partial charge in [0.1, 0.15) is 6.54 Å². The number of likely N-dealkylation sites (N-methyl/N-ethyl adjacent to an activating group) is 1. The van der Waals surface area contributed by atoms with E-state index in [1.165, 1.54) is 29.0 Å². The number of halogens is 3. The molecule has 0 N–H and O–H groups in total. The Morgan fingerprint density at radius 3 is 2.30 bits per heavy atom. The number of nitrogens with zero attached hydrogens (tertiary/aromatic N) is 3. The van der Waals surface area contributed by atoms with Gasteiger partial charge in [0.15, 0.2) is 0 Å². The van der Waals surface area contributed by atoms with Crippen LogP contribution in [-0.2, 0) is 20.5 Å². The fourth-order valence-electron chi connectivity index (χ4n) is 3.90. The monoisotopic (exact) mass is 427 g/mol. The summed E-state index contributed by atoms with van der Waals surface area (Å²) in [5, 5.41) is 0. The second-order valence-electron chi connectivity index (χ2n) is 7.70. The maximum Gasteiger partial charge on any atom is 0.416 e. The van der Waals surface area contributed by atoms with Crippen LogP contribution in [0.4, 0.5) is 18.0 Å². The molecule has 2 fully saturated rings. The van der Waals surface area contributed by atoms with Gasteiger partial charge < -0.3 is 19.4 Å². The Labute approximate surface area is 172 Å².